The fraction of sp³-hybridized carbons (Fsp3) is 0.545. The molecule has 3 N–H and O–H groups in total. The lowest BCUT2D eigenvalue weighted by Gasteiger charge is -2.22. The average Bonchev–Trinajstić information content (AvgIpc) is 2.91. The minimum absolute atomic E-state index is 0.0752. The van der Waals surface area contributed by atoms with E-state index in [2.05, 4.69) is 50.3 Å². The summed E-state index contributed by atoms with van der Waals surface area (Å²) in [5.74, 6) is 0.0573. The average molecular weight is 525 g/mol. The second-order valence-corrected chi connectivity index (χ2v) is 10.5. The van der Waals surface area contributed by atoms with E-state index in [1.54, 1.807) is 0 Å². The van der Waals surface area contributed by atoms with Gasteiger partial charge in [0.1, 0.15) is 12.4 Å². The maximum absolute atomic E-state index is 10.7. The van der Waals surface area contributed by atoms with Gasteiger partial charge in [-0.3, -0.25) is 4.79 Å². The zero-order valence-electron chi connectivity index (χ0n) is 24.0. The summed E-state index contributed by atoms with van der Waals surface area (Å²) < 4.78 is 5.82. The monoisotopic (exact) mass is 524 g/mol. The highest BCUT2D eigenvalue weighted by Gasteiger charge is 2.19. The molecule has 0 aliphatic carbocycles. The van der Waals surface area contributed by atoms with Gasteiger partial charge < -0.3 is 20.1 Å². The zero-order chi connectivity index (χ0) is 28.1. The lowest BCUT2D eigenvalue weighted by Crippen LogP contribution is -2.22. The summed E-state index contributed by atoms with van der Waals surface area (Å²) in [4.78, 5) is 10.7. The van der Waals surface area contributed by atoms with Crippen LogP contribution < -0.4 is 4.74 Å². The van der Waals surface area contributed by atoms with Gasteiger partial charge in [0.25, 0.3) is 0 Å². The Morgan fingerprint density at radius 1 is 1.00 bits per heavy atom. The smallest absolute Gasteiger partial charge is 0.303 e. The van der Waals surface area contributed by atoms with E-state index in [1.165, 1.54) is 22.3 Å². The number of aliphatic carboxylic acids is 1. The predicted octanol–water partition coefficient (Wildman–Crippen LogP) is 7.44. The zero-order valence-corrected chi connectivity index (χ0v) is 24.0. The summed E-state index contributed by atoms with van der Waals surface area (Å²) in [5.41, 5.74) is 5.26. The summed E-state index contributed by atoms with van der Waals surface area (Å²) in [6.45, 7) is 10.5. The molecule has 210 valence electrons. The van der Waals surface area contributed by atoms with E-state index >= 15 is 0 Å². The van der Waals surface area contributed by atoms with Crippen LogP contribution in [0.15, 0.2) is 42.5 Å². The largest absolute Gasteiger partial charge is 0.491 e. The van der Waals surface area contributed by atoms with E-state index in [4.69, 9.17) is 9.84 Å². The Hall–Kier alpha value is -2.63. The molecule has 2 aromatic carbocycles. The minimum Gasteiger partial charge on any atom is -0.491 e. The number of aryl methyl sites for hydroxylation is 2. The van der Waals surface area contributed by atoms with Crippen molar-refractivity contribution in [3.05, 3.63) is 70.3 Å². The number of ether oxygens (including phenoxy) is 1. The molecule has 0 fully saturated rings. The fourth-order valence-corrected chi connectivity index (χ4v) is 4.77. The standard InChI is InChI=1S/C33H48O5/c1-6-10-12-30(27-15-17-31(24(5)21-27)38-23-29(34)16-18-32(35)36)28-14-13-25(26(22-28)11-7-2)19-20-33(37,8-3)9-4/h13-15,17,19-22,29-30,34,37H,6-12,16,18,23H2,1-5H3,(H,35,36)/t29-,30?/m0/s1. The number of rotatable bonds is 17. The third-order valence-electron chi connectivity index (χ3n) is 7.46. The first-order valence-electron chi connectivity index (χ1n) is 14.3. The molecule has 0 heterocycles. The first-order valence-corrected chi connectivity index (χ1v) is 14.3. The second kappa shape index (κ2) is 15.7. The highest BCUT2D eigenvalue weighted by molar-refractivity contribution is 5.66. The van der Waals surface area contributed by atoms with Crippen LogP contribution in [0.1, 0.15) is 113 Å². The summed E-state index contributed by atoms with van der Waals surface area (Å²) >= 11 is 0. The van der Waals surface area contributed by atoms with Crippen molar-refractivity contribution in [2.75, 3.05) is 6.61 Å². The maximum atomic E-state index is 10.7. The van der Waals surface area contributed by atoms with Crippen molar-refractivity contribution in [3.63, 3.8) is 0 Å². The molecule has 1 unspecified atom stereocenters. The molecule has 5 nitrogen and oxygen atoms in total. The van der Waals surface area contributed by atoms with Gasteiger partial charge in [0.15, 0.2) is 0 Å². The van der Waals surface area contributed by atoms with Crippen molar-refractivity contribution in [1.82, 2.24) is 0 Å². The van der Waals surface area contributed by atoms with Gasteiger partial charge in [-0.05, 0) is 72.9 Å². The summed E-state index contributed by atoms with van der Waals surface area (Å²) in [7, 11) is 0. The minimum atomic E-state index is -0.919. The number of carbonyl (C=O) groups is 1. The summed E-state index contributed by atoms with van der Waals surface area (Å²) in [6, 6.07) is 13.0. The van der Waals surface area contributed by atoms with Gasteiger partial charge in [0.2, 0.25) is 0 Å². The maximum Gasteiger partial charge on any atom is 0.303 e. The molecule has 0 saturated heterocycles. The van der Waals surface area contributed by atoms with Crippen LogP contribution in [0, 0.1) is 6.92 Å². The van der Waals surface area contributed by atoms with Crippen LogP contribution in [0.4, 0.5) is 0 Å². The number of unbranched alkanes of at least 4 members (excludes halogenated alkanes) is 1. The molecule has 0 aromatic heterocycles. The Balaban J connectivity index is 2.31. The van der Waals surface area contributed by atoms with E-state index < -0.39 is 17.7 Å². The van der Waals surface area contributed by atoms with Crippen LogP contribution in [0.2, 0.25) is 0 Å². The number of aliphatic hydroxyl groups excluding tert-OH is 1. The van der Waals surface area contributed by atoms with Gasteiger partial charge >= 0.3 is 5.97 Å². The van der Waals surface area contributed by atoms with E-state index in [0.717, 1.165) is 37.7 Å². The number of benzene rings is 2. The molecule has 38 heavy (non-hydrogen) atoms. The van der Waals surface area contributed by atoms with Crippen molar-refractivity contribution >= 4 is 12.0 Å². The number of hydrogen-bond donors (Lipinski definition) is 3. The molecule has 0 amide bonds. The Bertz CT molecular complexity index is 1040. The molecule has 0 aliphatic rings. The third kappa shape index (κ3) is 9.59. The van der Waals surface area contributed by atoms with Crippen LogP contribution in [-0.2, 0) is 11.2 Å². The van der Waals surface area contributed by atoms with Crippen molar-refractivity contribution < 1.29 is 24.9 Å². The first-order chi connectivity index (χ1) is 18.2. The van der Waals surface area contributed by atoms with Gasteiger partial charge in [-0.25, -0.2) is 0 Å². The molecule has 0 aliphatic heterocycles. The Labute approximate surface area is 229 Å². The van der Waals surface area contributed by atoms with Crippen LogP contribution in [0.3, 0.4) is 0 Å². The highest BCUT2D eigenvalue weighted by atomic mass is 16.5. The van der Waals surface area contributed by atoms with Crippen LogP contribution >= 0.6 is 0 Å². The molecule has 2 rings (SSSR count). The van der Waals surface area contributed by atoms with Crippen molar-refractivity contribution in [2.45, 2.75) is 110 Å². The van der Waals surface area contributed by atoms with Crippen molar-refractivity contribution in [3.8, 4) is 5.75 Å². The molecule has 2 aromatic rings. The normalized spacial score (nSPS) is 13.6. The van der Waals surface area contributed by atoms with Crippen LogP contribution in [-0.4, -0.2) is 39.6 Å². The Morgan fingerprint density at radius 2 is 1.68 bits per heavy atom. The van der Waals surface area contributed by atoms with Crippen LogP contribution in [0.25, 0.3) is 6.08 Å². The molecule has 0 saturated carbocycles. The predicted molar refractivity (Wildman–Crippen MR) is 156 cm³/mol. The summed E-state index contributed by atoms with van der Waals surface area (Å²) in [6.07, 6.45) is 10.1. The highest BCUT2D eigenvalue weighted by Crippen LogP contribution is 2.34. The van der Waals surface area contributed by atoms with Crippen LogP contribution in [0.5, 0.6) is 5.75 Å². The molecule has 5 heteroatoms. The fourth-order valence-electron chi connectivity index (χ4n) is 4.77. The molecular formula is C33H48O5. The molecule has 0 bridgehead atoms. The van der Waals surface area contributed by atoms with Gasteiger partial charge in [0, 0.05) is 12.3 Å². The quantitative estimate of drug-likeness (QED) is 0.200. The Kier molecular flexibility index (Phi) is 13.1. The van der Waals surface area contributed by atoms with Gasteiger partial charge in [-0.15, -0.1) is 0 Å². The molecule has 0 spiro atoms. The van der Waals surface area contributed by atoms with E-state index in [1.807, 2.05) is 32.9 Å². The summed E-state index contributed by atoms with van der Waals surface area (Å²) in [5, 5.41) is 29.6. The van der Waals surface area contributed by atoms with Crippen molar-refractivity contribution in [1.29, 1.82) is 0 Å². The molecule has 2 atom stereocenters. The van der Waals surface area contributed by atoms with E-state index in [0.29, 0.717) is 18.6 Å². The van der Waals surface area contributed by atoms with E-state index in [9.17, 15) is 15.0 Å². The first kappa shape index (κ1) is 31.6. The SMILES string of the molecule is CCCCC(c1ccc(OC[C@@H](O)CCC(=O)O)c(C)c1)c1ccc(C=CC(O)(CC)CC)c(CCC)c1. The lowest BCUT2D eigenvalue weighted by molar-refractivity contribution is -0.137. The van der Waals surface area contributed by atoms with Crippen molar-refractivity contribution in [2.24, 2.45) is 0 Å². The van der Waals surface area contributed by atoms with Gasteiger partial charge in [0.05, 0.1) is 11.7 Å². The topological polar surface area (TPSA) is 87.0 Å². The number of hydrogen-bond acceptors (Lipinski definition) is 4. The lowest BCUT2D eigenvalue weighted by atomic mass is 9.84. The molecular weight excluding hydrogens is 476 g/mol. The number of aliphatic hydroxyl groups is 2. The van der Waals surface area contributed by atoms with Gasteiger partial charge in [-0.1, -0.05) is 89.4 Å². The Morgan fingerprint density at radius 3 is 2.29 bits per heavy atom. The second-order valence-electron chi connectivity index (χ2n) is 10.5. The third-order valence-corrected chi connectivity index (χ3v) is 7.46. The van der Waals surface area contributed by atoms with Gasteiger partial charge in [-0.2, -0.15) is 0 Å². The number of carboxylic acid groups (broad SMARTS) is 1. The number of carboxylic acids is 1. The molecule has 0 radical (unpaired) electrons. The van der Waals surface area contributed by atoms with E-state index in [-0.39, 0.29) is 25.4 Å².